The Morgan fingerprint density at radius 1 is 1.62 bits per heavy atom. The van der Waals surface area contributed by atoms with E-state index in [0.29, 0.717) is 10.8 Å². The number of rotatable bonds is 4. The van der Waals surface area contributed by atoms with Crippen molar-refractivity contribution in [2.75, 3.05) is 11.6 Å². The maximum absolute atomic E-state index is 11.0. The molecule has 0 aromatic carbocycles. The third-order valence-corrected chi connectivity index (χ3v) is 2.41. The van der Waals surface area contributed by atoms with Crippen LogP contribution in [-0.2, 0) is 4.79 Å². The molecular weight excluding hydrogens is 224 g/mol. The molecule has 1 heterocycles. The number of amides is 1. The van der Waals surface area contributed by atoms with Crippen LogP contribution < -0.4 is 11.1 Å². The van der Waals surface area contributed by atoms with E-state index in [2.05, 4.69) is 10.3 Å². The van der Waals surface area contributed by atoms with Gasteiger partial charge in [-0.2, -0.15) is 5.26 Å². The first-order valence-electron chi connectivity index (χ1n) is 4.35. The van der Waals surface area contributed by atoms with Crippen LogP contribution in [-0.4, -0.2) is 17.1 Å². The minimum atomic E-state index is -0.754. The summed E-state index contributed by atoms with van der Waals surface area (Å²) in [7, 11) is 0. The van der Waals surface area contributed by atoms with E-state index < -0.39 is 5.91 Å². The molecule has 6 heteroatoms. The number of carbonyl (C=O) groups excluding carboxylic acids is 1. The van der Waals surface area contributed by atoms with Gasteiger partial charge in [0, 0.05) is 6.20 Å². The number of thioether (sulfide) groups is 1. The van der Waals surface area contributed by atoms with E-state index in [4.69, 9.17) is 11.0 Å². The molecule has 1 aromatic heterocycles. The van der Waals surface area contributed by atoms with Crippen LogP contribution in [0.25, 0.3) is 0 Å². The molecule has 1 aromatic rings. The molecule has 1 amide bonds. The van der Waals surface area contributed by atoms with Crippen molar-refractivity contribution in [3.05, 3.63) is 35.0 Å². The topological polar surface area (TPSA) is 91.8 Å². The molecule has 0 bridgehead atoms. The second kappa shape index (κ2) is 5.78. The molecule has 0 aliphatic heterocycles. The Hall–Kier alpha value is -2.00. The summed E-state index contributed by atoms with van der Waals surface area (Å²) in [5, 5.41) is 12.1. The van der Waals surface area contributed by atoms with Gasteiger partial charge in [0.15, 0.2) is 0 Å². The van der Waals surface area contributed by atoms with E-state index in [1.807, 2.05) is 0 Å². The summed E-state index contributed by atoms with van der Waals surface area (Å²) in [5.74, 6) is -0.198. The zero-order valence-electron chi connectivity index (χ0n) is 8.60. The number of nitrogens with two attached hydrogens (primary N) is 1. The van der Waals surface area contributed by atoms with E-state index >= 15 is 0 Å². The quantitative estimate of drug-likeness (QED) is 0.600. The fourth-order valence-corrected chi connectivity index (χ4v) is 1.54. The summed E-state index contributed by atoms with van der Waals surface area (Å²) < 4.78 is 0. The molecule has 0 aliphatic carbocycles. The van der Waals surface area contributed by atoms with Crippen molar-refractivity contribution < 1.29 is 4.79 Å². The highest BCUT2D eigenvalue weighted by atomic mass is 32.2. The van der Waals surface area contributed by atoms with Gasteiger partial charge in [0.05, 0.1) is 5.03 Å². The van der Waals surface area contributed by atoms with Gasteiger partial charge in [0.25, 0.3) is 5.91 Å². The molecule has 1 rings (SSSR count). The van der Waals surface area contributed by atoms with E-state index in [9.17, 15) is 4.79 Å². The SMILES string of the molecule is CS/C(Nc1ccccn1)=C(/C#N)C(N)=O. The highest BCUT2D eigenvalue weighted by Gasteiger charge is 2.11. The van der Waals surface area contributed by atoms with Crippen LogP contribution in [0.2, 0.25) is 0 Å². The molecule has 0 fully saturated rings. The van der Waals surface area contributed by atoms with Crippen molar-refractivity contribution in [3.8, 4) is 6.07 Å². The predicted octanol–water partition coefficient (Wildman–Crippen LogP) is 1.08. The van der Waals surface area contributed by atoms with Crippen LogP contribution >= 0.6 is 11.8 Å². The second-order valence-electron chi connectivity index (χ2n) is 2.72. The third-order valence-electron chi connectivity index (χ3n) is 1.70. The number of anilines is 1. The Labute approximate surface area is 97.4 Å². The Morgan fingerprint density at radius 3 is 2.81 bits per heavy atom. The lowest BCUT2D eigenvalue weighted by Gasteiger charge is -2.08. The molecule has 5 nitrogen and oxygen atoms in total. The highest BCUT2D eigenvalue weighted by Crippen LogP contribution is 2.18. The maximum atomic E-state index is 11.0. The van der Waals surface area contributed by atoms with Crippen LogP contribution in [0.15, 0.2) is 35.0 Å². The van der Waals surface area contributed by atoms with Crippen molar-refractivity contribution >= 4 is 23.5 Å². The van der Waals surface area contributed by atoms with Crippen molar-refractivity contribution in [2.24, 2.45) is 5.73 Å². The second-order valence-corrected chi connectivity index (χ2v) is 3.54. The monoisotopic (exact) mass is 234 g/mol. The molecule has 3 N–H and O–H groups in total. The highest BCUT2D eigenvalue weighted by molar-refractivity contribution is 8.02. The average molecular weight is 234 g/mol. The molecule has 0 radical (unpaired) electrons. The third kappa shape index (κ3) is 3.00. The Bertz CT molecular complexity index is 450. The Morgan fingerprint density at radius 2 is 2.38 bits per heavy atom. The van der Waals surface area contributed by atoms with E-state index in [1.54, 1.807) is 36.7 Å². The number of pyridine rings is 1. The number of carbonyl (C=O) groups is 1. The molecule has 0 unspecified atom stereocenters. The molecule has 0 spiro atoms. The zero-order chi connectivity index (χ0) is 12.0. The average Bonchev–Trinajstić information content (AvgIpc) is 2.29. The molecule has 0 aliphatic rings. The minimum Gasteiger partial charge on any atom is -0.365 e. The van der Waals surface area contributed by atoms with E-state index in [1.165, 1.54) is 11.8 Å². The van der Waals surface area contributed by atoms with Crippen LogP contribution in [0.3, 0.4) is 0 Å². The number of nitrogens with zero attached hydrogens (tertiary/aromatic N) is 2. The summed E-state index contributed by atoms with van der Waals surface area (Å²) in [5.41, 5.74) is 4.99. The van der Waals surface area contributed by atoms with Gasteiger partial charge >= 0.3 is 0 Å². The van der Waals surface area contributed by atoms with Gasteiger partial charge in [0.1, 0.15) is 17.5 Å². The summed E-state index contributed by atoms with van der Waals surface area (Å²) in [6.45, 7) is 0. The lowest BCUT2D eigenvalue weighted by Crippen LogP contribution is -2.16. The van der Waals surface area contributed by atoms with E-state index in [0.717, 1.165) is 0 Å². The molecule has 0 atom stereocenters. The molecular formula is C10H10N4OS. The zero-order valence-corrected chi connectivity index (χ0v) is 9.41. The molecule has 0 saturated heterocycles. The summed E-state index contributed by atoms with van der Waals surface area (Å²) in [6.07, 6.45) is 3.35. The lowest BCUT2D eigenvalue weighted by molar-refractivity contribution is -0.114. The molecule has 16 heavy (non-hydrogen) atoms. The maximum Gasteiger partial charge on any atom is 0.262 e. The summed E-state index contributed by atoms with van der Waals surface area (Å²) >= 11 is 1.23. The van der Waals surface area contributed by atoms with Crippen molar-refractivity contribution in [3.63, 3.8) is 0 Å². The first-order chi connectivity index (χ1) is 7.69. The van der Waals surface area contributed by atoms with Gasteiger partial charge in [-0.25, -0.2) is 4.98 Å². The van der Waals surface area contributed by atoms with Crippen LogP contribution in [0.5, 0.6) is 0 Å². The summed E-state index contributed by atoms with van der Waals surface area (Å²) in [4.78, 5) is 15.0. The van der Waals surface area contributed by atoms with Gasteiger partial charge in [-0.1, -0.05) is 6.07 Å². The van der Waals surface area contributed by atoms with Crippen LogP contribution in [0.1, 0.15) is 0 Å². The van der Waals surface area contributed by atoms with Gasteiger partial charge in [-0.3, -0.25) is 4.79 Å². The fourth-order valence-electron chi connectivity index (χ4n) is 0.986. The Balaban J connectivity index is 3.01. The van der Waals surface area contributed by atoms with Gasteiger partial charge in [-0.05, 0) is 18.4 Å². The van der Waals surface area contributed by atoms with Gasteiger partial charge in [0.2, 0.25) is 0 Å². The largest absolute Gasteiger partial charge is 0.365 e. The molecule has 82 valence electrons. The lowest BCUT2D eigenvalue weighted by atomic mass is 10.3. The van der Waals surface area contributed by atoms with Gasteiger partial charge < -0.3 is 11.1 Å². The molecule has 0 saturated carbocycles. The number of hydrogen-bond acceptors (Lipinski definition) is 5. The van der Waals surface area contributed by atoms with Crippen molar-refractivity contribution in [1.82, 2.24) is 4.98 Å². The predicted molar refractivity (Wildman–Crippen MR) is 63.2 cm³/mol. The summed E-state index contributed by atoms with van der Waals surface area (Å²) in [6, 6.07) is 7.06. The van der Waals surface area contributed by atoms with E-state index in [-0.39, 0.29) is 5.57 Å². The van der Waals surface area contributed by atoms with Crippen molar-refractivity contribution in [2.45, 2.75) is 0 Å². The van der Waals surface area contributed by atoms with Crippen molar-refractivity contribution in [1.29, 1.82) is 5.26 Å². The smallest absolute Gasteiger partial charge is 0.262 e. The van der Waals surface area contributed by atoms with Gasteiger partial charge in [-0.15, -0.1) is 11.8 Å². The Kier molecular flexibility index (Phi) is 4.36. The first kappa shape index (κ1) is 12.1. The number of hydrogen-bond donors (Lipinski definition) is 2. The number of nitrogens with one attached hydrogen (secondary N) is 1. The number of primary amides is 1. The number of aromatic nitrogens is 1. The number of nitriles is 1. The minimum absolute atomic E-state index is 0.0989. The fraction of sp³-hybridized carbons (Fsp3) is 0.100. The first-order valence-corrected chi connectivity index (χ1v) is 5.57. The van der Waals surface area contributed by atoms with Crippen LogP contribution in [0.4, 0.5) is 5.82 Å². The van der Waals surface area contributed by atoms with Crippen LogP contribution in [0, 0.1) is 11.3 Å². The standard InChI is InChI=1S/C10H10N4OS/c1-16-10(7(6-11)9(12)15)14-8-4-2-3-5-13-8/h2-5H,1H3,(H2,12,15)(H,13,14)/b10-7-. The normalized spacial score (nSPS) is 11.2.